The maximum atomic E-state index is 14.5. The van der Waals surface area contributed by atoms with E-state index in [9.17, 15) is 14.3 Å². The van der Waals surface area contributed by atoms with Crippen molar-refractivity contribution in [2.45, 2.75) is 24.9 Å². The molecule has 2 amide bonds. The summed E-state index contributed by atoms with van der Waals surface area (Å²) in [6.45, 7) is 2.04. The van der Waals surface area contributed by atoms with E-state index >= 15 is 0 Å². The Balaban J connectivity index is 1.68. The summed E-state index contributed by atoms with van der Waals surface area (Å²) < 4.78 is 14.5. The Kier molecular flexibility index (Phi) is 5.97. The molecule has 158 valence electrons. The van der Waals surface area contributed by atoms with Crippen molar-refractivity contribution < 1.29 is 14.3 Å². The Morgan fingerprint density at radius 1 is 1.23 bits per heavy atom. The molecule has 2 N–H and O–H groups in total. The third-order valence-electron chi connectivity index (χ3n) is 5.93. The molecule has 0 spiro atoms. The van der Waals surface area contributed by atoms with Crippen LogP contribution >= 0.6 is 11.6 Å². The van der Waals surface area contributed by atoms with Gasteiger partial charge in [0.25, 0.3) is 0 Å². The first kappa shape index (κ1) is 20.7. The number of piperidine rings is 1. The number of phenols is 1. The highest BCUT2D eigenvalue weighted by Crippen LogP contribution is 2.38. The third-order valence-corrected chi connectivity index (χ3v) is 6.16. The quantitative estimate of drug-likeness (QED) is 0.759. The van der Waals surface area contributed by atoms with Crippen molar-refractivity contribution in [3.05, 3.63) is 70.5 Å². The van der Waals surface area contributed by atoms with Crippen LogP contribution < -0.4 is 5.32 Å². The molecule has 7 heteroatoms. The minimum absolute atomic E-state index is 0.107. The normalized spacial score (nSPS) is 19.6. The Labute approximate surface area is 180 Å². The fourth-order valence-corrected chi connectivity index (χ4v) is 4.43. The molecular formula is C23H25ClFN3O2. The van der Waals surface area contributed by atoms with Crippen LogP contribution in [0.4, 0.5) is 9.18 Å². The molecular weight excluding hydrogens is 405 g/mol. The Morgan fingerprint density at radius 2 is 2.00 bits per heavy atom. The number of hydrogen-bond donors (Lipinski definition) is 2. The first-order chi connectivity index (χ1) is 14.4. The van der Waals surface area contributed by atoms with E-state index in [0.717, 1.165) is 31.5 Å². The first-order valence-corrected chi connectivity index (χ1v) is 10.5. The van der Waals surface area contributed by atoms with Gasteiger partial charge in [0.15, 0.2) is 0 Å². The zero-order valence-electron chi connectivity index (χ0n) is 16.8. The number of phenolic OH excluding ortho intramolecular Hbond substituents is 1. The van der Waals surface area contributed by atoms with E-state index in [-0.39, 0.29) is 30.2 Å². The van der Waals surface area contributed by atoms with Gasteiger partial charge in [-0.05, 0) is 67.4 Å². The van der Waals surface area contributed by atoms with Gasteiger partial charge in [-0.3, -0.25) is 0 Å². The monoisotopic (exact) mass is 429 g/mol. The maximum absolute atomic E-state index is 14.5. The van der Waals surface area contributed by atoms with E-state index in [1.807, 2.05) is 19.2 Å². The number of hydrogen-bond acceptors (Lipinski definition) is 3. The lowest BCUT2D eigenvalue weighted by Crippen LogP contribution is -2.49. The summed E-state index contributed by atoms with van der Waals surface area (Å²) in [5.41, 5.74) is 1.88. The number of carbonyl (C=O) groups excluding carboxylic acids is 1. The van der Waals surface area contributed by atoms with E-state index < -0.39 is 6.04 Å². The number of amides is 2. The number of rotatable bonds is 3. The fourth-order valence-electron chi connectivity index (χ4n) is 4.26. The molecule has 2 aliphatic heterocycles. The molecule has 30 heavy (non-hydrogen) atoms. The van der Waals surface area contributed by atoms with Crippen LogP contribution in [0, 0.1) is 5.82 Å². The van der Waals surface area contributed by atoms with Crippen LogP contribution in [0.1, 0.15) is 30.0 Å². The second-order valence-corrected chi connectivity index (χ2v) is 8.29. The fraction of sp³-hybridized carbons (Fsp3) is 0.348. The van der Waals surface area contributed by atoms with Crippen LogP contribution in [0.2, 0.25) is 5.02 Å². The van der Waals surface area contributed by atoms with Crippen LogP contribution in [0.5, 0.6) is 5.75 Å². The molecule has 5 nitrogen and oxygen atoms in total. The molecule has 1 atom stereocenters. The van der Waals surface area contributed by atoms with Crippen molar-refractivity contribution in [1.29, 1.82) is 0 Å². The van der Waals surface area contributed by atoms with E-state index in [1.54, 1.807) is 34.1 Å². The van der Waals surface area contributed by atoms with Crippen molar-refractivity contribution in [3.63, 3.8) is 0 Å². The van der Waals surface area contributed by atoms with Crippen LogP contribution in [-0.2, 0) is 0 Å². The zero-order valence-corrected chi connectivity index (χ0v) is 17.6. The number of urea groups is 1. The molecule has 0 aromatic heterocycles. The van der Waals surface area contributed by atoms with Gasteiger partial charge in [0.1, 0.15) is 11.6 Å². The van der Waals surface area contributed by atoms with E-state index in [0.29, 0.717) is 16.2 Å². The van der Waals surface area contributed by atoms with Gasteiger partial charge in [-0.15, -0.1) is 0 Å². The number of benzene rings is 2. The topological polar surface area (TPSA) is 55.8 Å². The summed E-state index contributed by atoms with van der Waals surface area (Å²) in [5.74, 6) is -0.247. The molecule has 1 saturated heterocycles. The SMILES string of the molecule is CN(C(=O)N1CC(c2cc(Cl)ccc2F)=CC1c1cccc(O)c1)C1CCNCC1. The van der Waals surface area contributed by atoms with E-state index in [4.69, 9.17) is 11.6 Å². The van der Waals surface area contributed by atoms with Crippen molar-refractivity contribution >= 4 is 23.2 Å². The smallest absolute Gasteiger partial charge is 0.321 e. The minimum atomic E-state index is -0.401. The van der Waals surface area contributed by atoms with Crippen molar-refractivity contribution in [1.82, 2.24) is 15.1 Å². The Morgan fingerprint density at radius 3 is 2.73 bits per heavy atom. The second kappa shape index (κ2) is 8.66. The molecule has 0 aliphatic carbocycles. The molecule has 1 fully saturated rings. The summed E-state index contributed by atoms with van der Waals surface area (Å²) in [7, 11) is 1.83. The van der Waals surface area contributed by atoms with Crippen LogP contribution in [0.3, 0.4) is 0 Å². The number of halogens is 2. The van der Waals surface area contributed by atoms with E-state index in [2.05, 4.69) is 5.32 Å². The van der Waals surface area contributed by atoms with Crippen molar-refractivity contribution in [3.8, 4) is 5.75 Å². The predicted octanol–water partition coefficient (Wildman–Crippen LogP) is 4.43. The highest BCUT2D eigenvalue weighted by molar-refractivity contribution is 6.30. The zero-order chi connectivity index (χ0) is 21.3. The van der Waals surface area contributed by atoms with Gasteiger partial charge < -0.3 is 20.2 Å². The van der Waals surface area contributed by atoms with Gasteiger partial charge in [-0.1, -0.05) is 29.8 Å². The highest BCUT2D eigenvalue weighted by atomic mass is 35.5. The number of carbonyl (C=O) groups is 1. The van der Waals surface area contributed by atoms with Crippen molar-refractivity contribution in [2.75, 3.05) is 26.7 Å². The number of aromatic hydroxyl groups is 1. The van der Waals surface area contributed by atoms with Gasteiger partial charge in [-0.25, -0.2) is 9.18 Å². The molecule has 0 radical (unpaired) electrons. The van der Waals surface area contributed by atoms with Gasteiger partial charge in [0.2, 0.25) is 0 Å². The number of nitrogens with one attached hydrogen (secondary N) is 1. The maximum Gasteiger partial charge on any atom is 0.321 e. The van der Waals surface area contributed by atoms with E-state index in [1.165, 1.54) is 12.1 Å². The number of nitrogens with zero attached hydrogens (tertiary/aromatic N) is 2. The van der Waals surface area contributed by atoms with Crippen LogP contribution in [0.25, 0.3) is 5.57 Å². The molecule has 2 heterocycles. The van der Waals surface area contributed by atoms with Gasteiger partial charge >= 0.3 is 6.03 Å². The third kappa shape index (κ3) is 4.16. The lowest BCUT2D eigenvalue weighted by Gasteiger charge is -2.36. The second-order valence-electron chi connectivity index (χ2n) is 7.86. The molecule has 0 bridgehead atoms. The minimum Gasteiger partial charge on any atom is -0.508 e. The first-order valence-electron chi connectivity index (χ1n) is 10.1. The summed E-state index contributed by atoms with van der Waals surface area (Å²) in [6.07, 6.45) is 3.68. The summed E-state index contributed by atoms with van der Waals surface area (Å²) in [5, 5.41) is 13.7. The predicted molar refractivity (Wildman–Crippen MR) is 116 cm³/mol. The van der Waals surface area contributed by atoms with Crippen LogP contribution in [-0.4, -0.2) is 53.7 Å². The molecule has 1 unspecified atom stereocenters. The lowest BCUT2D eigenvalue weighted by atomic mass is 10.0. The standard InChI is InChI=1S/C23H25ClFN3O2/c1-27(18-7-9-26-10-8-18)23(30)28-14-16(20-13-17(24)5-6-21(20)25)12-22(28)15-3-2-4-19(29)11-15/h2-6,11-13,18,22,26,29H,7-10,14H2,1H3. The Bertz CT molecular complexity index is 975. The van der Waals surface area contributed by atoms with Gasteiger partial charge in [-0.2, -0.15) is 0 Å². The largest absolute Gasteiger partial charge is 0.508 e. The summed E-state index contributed by atoms with van der Waals surface area (Å²) in [4.78, 5) is 17.0. The molecule has 0 saturated carbocycles. The molecule has 2 aromatic rings. The highest BCUT2D eigenvalue weighted by Gasteiger charge is 2.35. The summed E-state index contributed by atoms with van der Waals surface area (Å²) in [6, 6.07) is 10.9. The van der Waals surface area contributed by atoms with Crippen LogP contribution in [0.15, 0.2) is 48.5 Å². The van der Waals surface area contributed by atoms with Crippen molar-refractivity contribution in [2.24, 2.45) is 0 Å². The molecule has 4 rings (SSSR count). The average Bonchev–Trinajstić information content (AvgIpc) is 3.20. The average molecular weight is 430 g/mol. The van der Waals surface area contributed by atoms with Gasteiger partial charge in [0.05, 0.1) is 6.04 Å². The lowest BCUT2D eigenvalue weighted by molar-refractivity contribution is 0.136. The van der Waals surface area contributed by atoms with Gasteiger partial charge in [0, 0.05) is 30.2 Å². The summed E-state index contributed by atoms with van der Waals surface area (Å²) >= 11 is 6.10. The molecule has 2 aromatic carbocycles. The molecule has 2 aliphatic rings. The Hall–Kier alpha value is -2.57.